The number of urea groups is 1. The van der Waals surface area contributed by atoms with E-state index in [2.05, 4.69) is 10.1 Å². The first-order chi connectivity index (χ1) is 9.86. The van der Waals surface area contributed by atoms with Crippen LogP contribution in [0.4, 0.5) is 4.79 Å². The Kier molecular flexibility index (Phi) is 6.45. The monoisotopic (exact) mass is 300 g/mol. The maximum atomic E-state index is 12.3. The molecule has 0 aromatic carbocycles. The lowest BCUT2D eigenvalue weighted by Crippen LogP contribution is -2.55. The summed E-state index contributed by atoms with van der Waals surface area (Å²) < 4.78 is 4.48. The third-order valence-electron chi connectivity index (χ3n) is 3.89. The number of rotatable bonds is 5. The lowest BCUT2D eigenvalue weighted by molar-refractivity contribution is -0.142. The van der Waals surface area contributed by atoms with E-state index >= 15 is 0 Å². The Bertz CT molecular complexity index is 389. The topological polar surface area (TPSA) is 95.9 Å². The molecule has 1 fully saturated rings. The molecule has 120 valence electrons. The molecule has 0 saturated carbocycles. The molecule has 1 heterocycles. The van der Waals surface area contributed by atoms with E-state index in [1.54, 1.807) is 4.90 Å². The van der Waals surface area contributed by atoms with Crippen molar-refractivity contribution in [3.8, 4) is 0 Å². The molecule has 0 radical (unpaired) electrons. The summed E-state index contributed by atoms with van der Waals surface area (Å²) in [5.74, 6) is -1.64. The summed E-state index contributed by atoms with van der Waals surface area (Å²) in [6.45, 7) is 3.92. The van der Waals surface area contributed by atoms with Gasteiger partial charge in [0.2, 0.25) is 0 Å². The van der Waals surface area contributed by atoms with Crippen molar-refractivity contribution in [2.24, 2.45) is 0 Å². The number of ether oxygens (including phenoxy) is 1. The zero-order valence-corrected chi connectivity index (χ0v) is 12.8. The second-order valence-electron chi connectivity index (χ2n) is 5.49. The number of esters is 1. The van der Waals surface area contributed by atoms with Crippen LogP contribution in [0.1, 0.15) is 46.0 Å². The summed E-state index contributed by atoms with van der Waals surface area (Å²) in [4.78, 5) is 36.3. The highest BCUT2D eigenvalue weighted by Gasteiger charge is 2.31. The molecule has 0 bridgehead atoms. The highest BCUT2D eigenvalue weighted by atomic mass is 16.5. The minimum absolute atomic E-state index is 0.0182. The van der Waals surface area contributed by atoms with E-state index in [9.17, 15) is 14.4 Å². The summed E-state index contributed by atoms with van der Waals surface area (Å²) >= 11 is 0. The number of hydrogen-bond donors (Lipinski definition) is 2. The van der Waals surface area contributed by atoms with Crippen molar-refractivity contribution >= 4 is 18.0 Å². The van der Waals surface area contributed by atoms with Crippen molar-refractivity contribution in [2.45, 2.75) is 64.1 Å². The number of methoxy groups -OCH3 is 1. The van der Waals surface area contributed by atoms with Crippen molar-refractivity contribution in [1.82, 2.24) is 10.2 Å². The van der Waals surface area contributed by atoms with Crippen molar-refractivity contribution in [1.29, 1.82) is 0 Å². The fourth-order valence-electron chi connectivity index (χ4n) is 2.67. The van der Waals surface area contributed by atoms with E-state index in [1.165, 1.54) is 7.11 Å². The normalized spacial score (nSPS) is 23.3. The van der Waals surface area contributed by atoms with E-state index in [4.69, 9.17) is 5.11 Å². The number of hydrogen-bond acceptors (Lipinski definition) is 4. The van der Waals surface area contributed by atoms with Gasteiger partial charge in [-0.15, -0.1) is 0 Å². The fourth-order valence-corrected chi connectivity index (χ4v) is 2.67. The molecule has 0 unspecified atom stereocenters. The van der Waals surface area contributed by atoms with Crippen LogP contribution in [0.3, 0.4) is 0 Å². The Hall–Kier alpha value is -1.79. The first-order valence-electron chi connectivity index (χ1n) is 7.25. The van der Waals surface area contributed by atoms with Gasteiger partial charge in [-0.25, -0.2) is 9.59 Å². The quantitative estimate of drug-likeness (QED) is 0.747. The van der Waals surface area contributed by atoms with Crippen molar-refractivity contribution in [3.05, 3.63) is 0 Å². The van der Waals surface area contributed by atoms with Gasteiger partial charge in [0.15, 0.2) is 0 Å². The minimum atomic E-state index is -1.15. The van der Waals surface area contributed by atoms with E-state index in [0.29, 0.717) is 0 Å². The number of aliphatic carboxylic acids is 1. The van der Waals surface area contributed by atoms with Gasteiger partial charge in [0.1, 0.15) is 6.04 Å². The maximum absolute atomic E-state index is 12.3. The maximum Gasteiger partial charge on any atom is 0.326 e. The van der Waals surface area contributed by atoms with Crippen LogP contribution in [0.15, 0.2) is 0 Å². The highest BCUT2D eigenvalue weighted by molar-refractivity contribution is 5.83. The molecule has 0 aliphatic carbocycles. The molecule has 2 amide bonds. The Morgan fingerprint density at radius 1 is 1.29 bits per heavy atom. The van der Waals surface area contributed by atoms with E-state index in [1.807, 2.05) is 13.8 Å². The van der Waals surface area contributed by atoms with Crippen LogP contribution in [-0.2, 0) is 14.3 Å². The Labute approximate surface area is 124 Å². The lowest BCUT2D eigenvalue weighted by Gasteiger charge is -2.39. The molecule has 2 N–H and O–H groups in total. The van der Waals surface area contributed by atoms with Gasteiger partial charge in [0.25, 0.3) is 0 Å². The van der Waals surface area contributed by atoms with Gasteiger partial charge in [0.05, 0.1) is 7.11 Å². The van der Waals surface area contributed by atoms with E-state index < -0.39 is 18.0 Å². The van der Waals surface area contributed by atoms with Gasteiger partial charge in [0, 0.05) is 18.5 Å². The fraction of sp³-hybridized carbons (Fsp3) is 0.786. The predicted molar refractivity (Wildman–Crippen MR) is 75.8 cm³/mol. The SMILES string of the molecule is COC(=O)CC[C@H](NC(=O)N1[C@H](C)CCC[C@@H]1C)C(=O)O. The number of carbonyl (C=O) groups is 3. The van der Waals surface area contributed by atoms with Gasteiger partial charge >= 0.3 is 18.0 Å². The molecule has 3 atom stereocenters. The molecule has 1 rings (SSSR count). The molecular formula is C14H24N2O5. The van der Waals surface area contributed by atoms with Crippen LogP contribution in [0.5, 0.6) is 0 Å². The van der Waals surface area contributed by atoms with Crippen LogP contribution >= 0.6 is 0 Å². The number of piperidine rings is 1. The van der Waals surface area contributed by atoms with E-state index in [-0.39, 0.29) is 31.0 Å². The molecule has 7 nitrogen and oxygen atoms in total. The predicted octanol–water partition coefficient (Wildman–Crippen LogP) is 1.37. The lowest BCUT2D eigenvalue weighted by atomic mass is 9.98. The Morgan fingerprint density at radius 2 is 1.86 bits per heavy atom. The molecule has 1 saturated heterocycles. The van der Waals surface area contributed by atoms with Crippen molar-refractivity contribution < 1.29 is 24.2 Å². The largest absolute Gasteiger partial charge is 0.480 e. The average molecular weight is 300 g/mol. The number of likely N-dealkylation sites (tertiary alicyclic amines) is 1. The molecule has 0 aromatic heterocycles. The first kappa shape index (κ1) is 17.3. The molecule has 1 aliphatic heterocycles. The summed E-state index contributed by atoms with van der Waals surface area (Å²) in [7, 11) is 1.24. The minimum Gasteiger partial charge on any atom is -0.480 e. The van der Waals surface area contributed by atoms with Crippen LogP contribution < -0.4 is 5.32 Å². The second kappa shape index (κ2) is 7.85. The summed E-state index contributed by atoms with van der Waals surface area (Å²) in [6, 6.07) is -1.29. The second-order valence-corrected chi connectivity index (χ2v) is 5.49. The summed E-state index contributed by atoms with van der Waals surface area (Å²) in [5, 5.41) is 11.7. The van der Waals surface area contributed by atoms with Crippen LogP contribution in [0.25, 0.3) is 0 Å². The number of carboxylic acid groups (broad SMARTS) is 1. The number of amides is 2. The standard InChI is InChI=1S/C14H24N2O5/c1-9-5-4-6-10(2)16(9)14(20)15-11(13(18)19)7-8-12(17)21-3/h9-11H,4-8H2,1-3H3,(H,15,20)(H,18,19)/t9-,10+,11-/m0/s1. The summed E-state index contributed by atoms with van der Waals surface area (Å²) in [5.41, 5.74) is 0. The number of nitrogens with one attached hydrogen (secondary N) is 1. The van der Waals surface area contributed by atoms with Gasteiger partial charge in [-0.2, -0.15) is 0 Å². The first-order valence-corrected chi connectivity index (χ1v) is 7.25. The third-order valence-corrected chi connectivity index (χ3v) is 3.89. The van der Waals surface area contributed by atoms with Gasteiger partial charge in [-0.05, 0) is 39.5 Å². The number of nitrogens with zero attached hydrogens (tertiary/aromatic N) is 1. The zero-order chi connectivity index (χ0) is 16.0. The van der Waals surface area contributed by atoms with Crippen LogP contribution in [-0.4, -0.2) is 53.2 Å². The average Bonchev–Trinajstić information content (AvgIpc) is 2.42. The molecule has 0 spiro atoms. The number of carboxylic acids is 1. The molecule has 7 heteroatoms. The van der Waals surface area contributed by atoms with Crippen molar-refractivity contribution in [2.75, 3.05) is 7.11 Å². The number of carbonyl (C=O) groups excluding carboxylic acids is 2. The van der Waals surface area contributed by atoms with Crippen molar-refractivity contribution in [3.63, 3.8) is 0 Å². The van der Waals surface area contributed by atoms with Gasteiger partial charge in [-0.3, -0.25) is 4.79 Å². The third kappa shape index (κ3) is 4.91. The molecular weight excluding hydrogens is 276 g/mol. The Morgan fingerprint density at radius 3 is 2.33 bits per heavy atom. The summed E-state index contributed by atoms with van der Waals surface area (Å²) in [6.07, 6.45) is 2.87. The smallest absolute Gasteiger partial charge is 0.326 e. The zero-order valence-electron chi connectivity index (χ0n) is 12.8. The molecule has 21 heavy (non-hydrogen) atoms. The molecule has 1 aliphatic rings. The van der Waals surface area contributed by atoms with Gasteiger partial charge in [-0.1, -0.05) is 0 Å². The van der Waals surface area contributed by atoms with Crippen LogP contribution in [0, 0.1) is 0 Å². The Balaban J connectivity index is 2.63. The highest BCUT2D eigenvalue weighted by Crippen LogP contribution is 2.22. The van der Waals surface area contributed by atoms with E-state index in [0.717, 1.165) is 19.3 Å². The van der Waals surface area contributed by atoms with Gasteiger partial charge < -0.3 is 20.1 Å². The molecule has 0 aromatic rings. The van der Waals surface area contributed by atoms with Crippen LogP contribution in [0.2, 0.25) is 0 Å².